The highest BCUT2D eigenvalue weighted by Crippen LogP contribution is 2.25. The predicted octanol–water partition coefficient (Wildman–Crippen LogP) is 5.42. The molecule has 2 aromatic rings. The first-order valence-corrected chi connectivity index (χ1v) is 7.69. The van der Waals surface area contributed by atoms with Gasteiger partial charge in [0.15, 0.2) is 0 Å². The molecule has 0 fully saturated rings. The smallest absolute Gasteiger partial charge is 0.0480 e. The van der Waals surface area contributed by atoms with Crippen LogP contribution < -0.4 is 0 Å². The van der Waals surface area contributed by atoms with E-state index in [4.69, 9.17) is 0 Å². The first-order valence-electron chi connectivity index (χ1n) is 7.69. The topological polar surface area (TPSA) is 0 Å². The van der Waals surface area contributed by atoms with Gasteiger partial charge < -0.3 is 0 Å². The third kappa shape index (κ3) is 4.15. The first-order chi connectivity index (χ1) is 10.9. The third-order valence-corrected chi connectivity index (χ3v) is 3.16. The Kier molecular flexibility index (Phi) is 6.10. The first kappa shape index (κ1) is 15.7. The standard InChI is InChI=1S/C22H20/c1-3-5-17-21(19-13-9-7-10-14-19)22(18-6-4-2)20-15-11-8-12-16-20/h7-16H,3-4H2,1-2H3. The Labute approximate surface area is 133 Å². The Hall–Kier alpha value is -2.70. The van der Waals surface area contributed by atoms with Crippen molar-refractivity contribution in [3.05, 3.63) is 71.8 Å². The van der Waals surface area contributed by atoms with Gasteiger partial charge in [0.25, 0.3) is 0 Å². The van der Waals surface area contributed by atoms with Gasteiger partial charge >= 0.3 is 0 Å². The normalized spacial score (nSPS) is 10.6. The summed E-state index contributed by atoms with van der Waals surface area (Å²) >= 11 is 0. The summed E-state index contributed by atoms with van der Waals surface area (Å²) in [4.78, 5) is 0. The van der Waals surface area contributed by atoms with Crippen molar-refractivity contribution in [2.45, 2.75) is 26.7 Å². The molecule has 2 rings (SSSR count). The molecule has 0 aliphatic heterocycles. The Morgan fingerprint density at radius 1 is 0.636 bits per heavy atom. The second kappa shape index (κ2) is 8.56. The molecule has 0 heterocycles. The minimum Gasteiger partial charge on any atom is -0.0981 e. The molecule has 0 N–H and O–H groups in total. The lowest BCUT2D eigenvalue weighted by Crippen LogP contribution is -1.90. The van der Waals surface area contributed by atoms with E-state index in [0.29, 0.717) is 0 Å². The van der Waals surface area contributed by atoms with E-state index in [0.717, 1.165) is 35.1 Å². The highest BCUT2D eigenvalue weighted by Gasteiger charge is 2.07. The van der Waals surface area contributed by atoms with Crippen molar-refractivity contribution in [1.29, 1.82) is 0 Å². The van der Waals surface area contributed by atoms with Gasteiger partial charge in [0, 0.05) is 24.0 Å². The molecule has 0 saturated carbocycles. The number of hydrogen-bond acceptors (Lipinski definition) is 0. The van der Waals surface area contributed by atoms with E-state index in [1.807, 2.05) is 36.4 Å². The zero-order chi connectivity index (χ0) is 15.6. The van der Waals surface area contributed by atoms with Crippen molar-refractivity contribution in [3.8, 4) is 23.7 Å². The van der Waals surface area contributed by atoms with Crippen LogP contribution in [0.1, 0.15) is 37.8 Å². The van der Waals surface area contributed by atoms with Crippen LogP contribution in [0.4, 0.5) is 0 Å². The summed E-state index contributed by atoms with van der Waals surface area (Å²) in [5, 5.41) is 0. The summed E-state index contributed by atoms with van der Waals surface area (Å²) in [6.07, 6.45) is 1.67. The van der Waals surface area contributed by atoms with Gasteiger partial charge in [-0.15, -0.1) is 0 Å². The number of allylic oxidation sites excluding steroid dienone is 2. The molecule has 0 saturated heterocycles. The van der Waals surface area contributed by atoms with Gasteiger partial charge in [0.05, 0.1) is 0 Å². The number of hydrogen-bond donors (Lipinski definition) is 0. The Balaban J connectivity index is 2.70. The third-order valence-electron chi connectivity index (χ3n) is 3.16. The summed E-state index contributed by atoms with van der Waals surface area (Å²) in [5.41, 5.74) is 4.25. The van der Waals surface area contributed by atoms with Gasteiger partial charge in [0.1, 0.15) is 0 Å². The number of rotatable bonds is 2. The van der Waals surface area contributed by atoms with Crippen molar-refractivity contribution in [2.75, 3.05) is 0 Å². The molecule has 0 aliphatic carbocycles. The van der Waals surface area contributed by atoms with Crippen LogP contribution in [0.15, 0.2) is 60.7 Å². The van der Waals surface area contributed by atoms with E-state index >= 15 is 0 Å². The minimum atomic E-state index is 0.833. The maximum atomic E-state index is 3.32. The molecular formula is C22H20. The lowest BCUT2D eigenvalue weighted by Gasteiger charge is -2.07. The fourth-order valence-electron chi connectivity index (χ4n) is 2.12. The predicted molar refractivity (Wildman–Crippen MR) is 95.8 cm³/mol. The summed E-state index contributed by atoms with van der Waals surface area (Å²) in [6.45, 7) is 4.13. The monoisotopic (exact) mass is 284 g/mol. The van der Waals surface area contributed by atoms with Crippen molar-refractivity contribution in [1.82, 2.24) is 0 Å². The van der Waals surface area contributed by atoms with Crippen LogP contribution in [0.2, 0.25) is 0 Å². The molecule has 0 heteroatoms. The SMILES string of the molecule is CCC#CC(=C(C#CCC)c1ccccc1)c1ccccc1. The molecule has 2 aromatic carbocycles. The van der Waals surface area contributed by atoms with Crippen LogP contribution in [0.25, 0.3) is 11.1 Å². The van der Waals surface area contributed by atoms with Gasteiger partial charge in [-0.1, -0.05) is 98.2 Å². The maximum Gasteiger partial charge on any atom is 0.0480 e. The summed E-state index contributed by atoms with van der Waals surface area (Å²) in [7, 11) is 0. The average Bonchev–Trinajstić information content (AvgIpc) is 2.59. The number of benzene rings is 2. The lowest BCUT2D eigenvalue weighted by atomic mass is 9.95. The zero-order valence-corrected chi connectivity index (χ0v) is 13.2. The fourth-order valence-corrected chi connectivity index (χ4v) is 2.12. The van der Waals surface area contributed by atoms with Crippen molar-refractivity contribution >= 4 is 11.1 Å². The molecule has 22 heavy (non-hydrogen) atoms. The molecule has 0 aromatic heterocycles. The van der Waals surface area contributed by atoms with Crippen LogP contribution in [0.5, 0.6) is 0 Å². The van der Waals surface area contributed by atoms with Gasteiger partial charge in [-0.3, -0.25) is 0 Å². The maximum absolute atomic E-state index is 3.32. The molecule has 0 atom stereocenters. The second-order valence-corrected chi connectivity index (χ2v) is 4.79. The Bertz CT molecular complexity index is 674. The molecular weight excluding hydrogens is 264 g/mol. The lowest BCUT2D eigenvalue weighted by molar-refractivity contribution is 1.28. The quantitative estimate of drug-likeness (QED) is 0.510. The van der Waals surface area contributed by atoms with Crippen molar-refractivity contribution in [2.24, 2.45) is 0 Å². The van der Waals surface area contributed by atoms with Crippen LogP contribution in [0.3, 0.4) is 0 Å². The highest BCUT2D eigenvalue weighted by molar-refractivity contribution is 6.04. The van der Waals surface area contributed by atoms with Crippen molar-refractivity contribution in [3.63, 3.8) is 0 Å². The molecule has 0 radical (unpaired) electrons. The molecule has 0 aliphatic rings. The van der Waals surface area contributed by atoms with Crippen molar-refractivity contribution < 1.29 is 0 Å². The van der Waals surface area contributed by atoms with Gasteiger partial charge in [-0.25, -0.2) is 0 Å². The largest absolute Gasteiger partial charge is 0.0981 e. The van der Waals surface area contributed by atoms with E-state index in [9.17, 15) is 0 Å². The molecule has 0 spiro atoms. The fraction of sp³-hybridized carbons (Fsp3) is 0.182. The van der Waals surface area contributed by atoms with Crippen LogP contribution in [0, 0.1) is 23.7 Å². The van der Waals surface area contributed by atoms with Gasteiger partial charge in [0.2, 0.25) is 0 Å². The summed E-state index contributed by atoms with van der Waals surface area (Å²) < 4.78 is 0. The second-order valence-electron chi connectivity index (χ2n) is 4.79. The molecule has 0 unspecified atom stereocenters. The summed E-state index contributed by atoms with van der Waals surface area (Å²) in [5.74, 6) is 13.0. The molecule has 108 valence electrons. The van der Waals surface area contributed by atoms with Crippen LogP contribution in [-0.2, 0) is 0 Å². The summed E-state index contributed by atoms with van der Waals surface area (Å²) in [6, 6.07) is 20.6. The molecule has 0 bridgehead atoms. The van der Waals surface area contributed by atoms with E-state index in [1.165, 1.54) is 0 Å². The Morgan fingerprint density at radius 3 is 1.32 bits per heavy atom. The highest BCUT2D eigenvalue weighted by atomic mass is 14.1. The van der Waals surface area contributed by atoms with E-state index < -0.39 is 0 Å². The van der Waals surface area contributed by atoms with Gasteiger partial charge in [-0.2, -0.15) is 0 Å². The minimum absolute atomic E-state index is 0.833. The van der Waals surface area contributed by atoms with E-state index in [1.54, 1.807) is 0 Å². The van der Waals surface area contributed by atoms with Gasteiger partial charge in [-0.05, 0) is 11.1 Å². The van der Waals surface area contributed by atoms with Crippen LogP contribution >= 0.6 is 0 Å². The molecule has 0 amide bonds. The Morgan fingerprint density at radius 2 is 1.00 bits per heavy atom. The van der Waals surface area contributed by atoms with Crippen LogP contribution in [-0.4, -0.2) is 0 Å². The average molecular weight is 284 g/mol. The molecule has 0 nitrogen and oxygen atoms in total. The van der Waals surface area contributed by atoms with E-state index in [-0.39, 0.29) is 0 Å². The van der Waals surface area contributed by atoms with E-state index in [2.05, 4.69) is 61.8 Å². The zero-order valence-electron chi connectivity index (χ0n) is 13.2.